The summed E-state index contributed by atoms with van der Waals surface area (Å²) in [5, 5.41) is 8.37. The molecular weight excluding hydrogens is 516 g/mol. The van der Waals surface area contributed by atoms with Crippen LogP contribution in [0.3, 0.4) is 0 Å². The molecule has 0 radical (unpaired) electrons. The van der Waals surface area contributed by atoms with Crippen LogP contribution in [0.1, 0.15) is 23.4 Å². The highest BCUT2D eigenvalue weighted by Crippen LogP contribution is 2.34. The van der Waals surface area contributed by atoms with E-state index in [0.29, 0.717) is 26.2 Å². The maximum atomic E-state index is 13.1. The number of hydrogen-bond donors (Lipinski definition) is 1. The molecule has 206 valence electrons. The summed E-state index contributed by atoms with van der Waals surface area (Å²) < 4.78 is 9.79. The largest absolute Gasteiger partial charge is 0.378 e. The van der Waals surface area contributed by atoms with E-state index in [9.17, 15) is 4.79 Å². The van der Waals surface area contributed by atoms with Crippen LogP contribution in [-0.4, -0.2) is 66.2 Å². The predicted octanol–water partition coefficient (Wildman–Crippen LogP) is 4.10. The summed E-state index contributed by atoms with van der Waals surface area (Å²) in [7, 11) is 0. The number of aryl methyl sites for hydroxylation is 1. The van der Waals surface area contributed by atoms with Gasteiger partial charge in [0.25, 0.3) is 0 Å². The number of aromatic amines is 1. The Morgan fingerprint density at radius 3 is 2.73 bits per heavy atom. The summed E-state index contributed by atoms with van der Waals surface area (Å²) in [6.07, 6.45) is 10.8. The Bertz CT molecular complexity index is 1800. The number of carbonyl (C=O) groups is 1. The zero-order valence-corrected chi connectivity index (χ0v) is 22.6. The van der Waals surface area contributed by atoms with Crippen LogP contribution in [-0.2, 0) is 28.9 Å². The average molecular weight is 547 g/mol. The first-order valence-corrected chi connectivity index (χ1v) is 13.9. The topological polar surface area (TPSA) is 106 Å². The molecule has 6 aromatic rings. The predicted molar refractivity (Wildman–Crippen MR) is 156 cm³/mol. The standard InChI is InChI=1S/C31H30N8O2/c40-24(10-9-22-5-2-1-3-6-22)17-23-19-39-28(20-37-12-11-32-21-37)29(25-7-4-8-27-26(25)18-33-36-27)35-30(31(39)34-23)38-13-15-41-16-14-38/h1-8,11-12,18-19,21H,9-10,13-17,20H2,(H,33,36). The molecule has 1 aliphatic rings. The summed E-state index contributed by atoms with van der Waals surface area (Å²) in [5.74, 6) is 0.957. The van der Waals surface area contributed by atoms with E-state index in [0.717, 1.165) is 70.1 Å². The van der Waals surface area contributed by atoms with Crippen LogP contribution < -0.4 is 4.90 Å². The number of morpholine rings is 1. The van der Waals surface area contributed by atoms with Crippen molar-refractivity contribution in [3.05, 3.63) is 96.6 Å². The number of hydrogen-bond acceptors (Lipinski definition) is 7. The molecule has 41 heavy (non-hydrogen) atoms. The number of nitrogens with one attached hydrogen (secondary N) is 1. The van der Waals surface area contributed by atoms with Crippen molar-refractivity contribution in [1.29, 1.82) is 0 Å². The first kappa shape index (κ1) is 25.2. The van der Waals surface area contributed by atoms with Crippen LogP contribution in [0.15, 0.2) is 79.6 Å². The van der Waals surface area contributed by atoms with E-state index in [4.69, 9.17) is 14.7 Å². The molecule has 0 atom stereocenters. The lowest BCUT2D eigenvalue weighted by Gasteiger charge is -2.29. The fourth-order valence-corrected chi connectivity index (χ4v) is 5.51. The molecule has 1 fully saturated rings. The molecule has 7 rings (SSSR count). The summed E-state index contributed by atoms with van der Waals surface area (Å²) in [6.45, 7) is 3.23. The van der Waals surface area contributed by atoms with Gasteiger partial charge in [0.1, 0.15) is 5.78 Å². The molecule has 0 saturated carbocycles. The molecule has 0 aliphatic carbocycles. The number of Topliss-reactive ketones (excluding diaryl/α,β-unsaturated/α-hetero) is 1. The summed E-state index contributed by atoms with van der Waals surface area (Å²) >= 11 is 0. The van der Waals surface area contributed by atoms with Crippen LogP contribution in [0.5, 0.6) is 0 Å². The number of carbonyl (C=O) groups excluding carboxylic acids is 1. The Kier molecular flexibility index (Phi) is 6.73. The lowest BCUT2D eigenvalue weighted by molar-refractivity contribution is -0.118. The minimum absolute atomic E-state index is 0.165. The van der Waals surface area contributed by atoms with E-state index in [-0.39, 0.29) is 12.2 Å². The number of aromatic nitrogens is 7. The molecule has 2 aromatic carbocycles. The number of fused-ring (bicyclic) bond motifs is 2. The van der Waals surface area contributed by atoms with Crippen molar-refractivity contribution >= 4 is 28.2 Å². The van der Waals surface area contributed by atoms with Crippen LogP contribution in [0, 0.1) is 0 Å². The van der Waals surface area contributed by atoms with Crippen molar-refractivity contribution in [3.63, 3.8) is 0 Å². The molecule has 4 aromatic heterocycles. The fraction of sp³-hybridized carbons (Fsp3) is 0.258. The minimum Gasteiger partial charge on any atom is -0.378 e. The van der Waals surface area contributed by atoms with Gasteiger partial charge in [-0.05, 0) is 18.1 Å². The Labute approximate surface area is 236 Å². The number of rotatable bonds is 9. The Balaban J connectivity index is 1.35. The van der Waals surface area contributed by atoms with Gasteiger partial charge < -0.3 is 14.2 Å². The highest BCUT2D eigenvalue weighted by molar-refractivity contribution is 5.94. The first-order chi connectivity index (χ1) is 20.2. The van der Waals surface area contributed by atoms with Gasteiger partial charge in [-0.3, -0.25) is 14.3 Å². The van der Waals surface area contributed by atoms with Crippen molar-refractivity contribution in [1.82, 2.24) is 34.1 Å². The SMILES string of the molecule is O=C(CCc1ccccc1)Cc1cn2c(Cn3ccnc3)c(-c3cccc4[nH]ncc34)nc(N3CCOCC3)c2n1. The van der Waals surface area contributed by atoms with Gasteiger partial charge in [-0.15, -0.1) is 0 Å². The zero-order chi connectivity index (χ0) is 27.6. The van der Waals surface area contributed by atoms with Gasteiger partial charge in [-0.2, -0.15) is 5.10 Å². The number of anilines is 1. The Hall–Kier alpha value is -4.83. The van der Waals surface area contributed by atoms with Gasteiger partial charge in [0.15, 0.2) is 11.5 Å². The normalized spacial score (nSPS) is 13.8. The number of ether oxygens (including phenoxy) is 1. The Morgan fingerprint density at radius 1 is 1.02 bits per heavy atom. The number of nitrogens with zero attached hydrogens (tertiary/aromatic N) is 7. The van der Waals surface area contributed by atoms with Gasteiger partial charge in [0.2, 0.25) is 0 Å². The zero-order valence-electron chi connectivity index (χ0n) is 22.6. The second-order valence-electron chi connectivity index (χ2n) is 10.3. The van der Waals surface area contributed by atoms with Gasteiger partial charge in [0, 0.05) is 49.1 Å². The van der Waals surface area contributed by atoms with Crippen molar-refractivity contribution in [2.45, 2.75) is 25.8 Å². The maximum absolute atomic E-state index is 13.1. The van der Waals surface area contributed by atoms with Crippen molar-refractivity contribution < 1.29 is 9.53 Å². The molecule has 0 spiro atoms. The third kappa shape index (κ3) is 5.09. The maximum Gasteiger partial charge on any atom is 0.180 e. The average Bonchev–Trinajstić information content (AvgIpc) is 3.79. The summed E-state index contributed by atoms with van der Waals surface area (Å²) in [4.78, 5) is 29.9. The number of ketones is 1. The quantitative estimate of drug-likeness (QED) is 0.291. The lowest BCUT2D eigenvalue weighted by atomic mass is 10.0. The molecule has 1 N–H and O–H groups in total. The summed E-state index contributed by atoms with van der Waals surface area (Å²) in [5.41, 5.74) is 6.38. The fourth-order valence-electron chi connectivity index (χ4n) is 5.51. The van der Waals surface area contributed by atoms with Crippen LogP contribution >= 0.6 is 0 Å². The second-order valence-corrected chi connectivity index (χ2v) is 10.3. The van der Waals surface area contributed by atoms with Gasteiger partial charge in [0.05, 0.1) is 61.3 Å². The lowest BCUT2D eigenvalue weighted by Crippen LogP contribution is -2.37. The van der Waals surface area contributed by atoms with Gasteiger partial charge in [-0.25, -0.2) is 15.0 Å². The van der Waals surface area contributed by atoms with E-state index in [1.54, 1.807) is 12.5 Å². The van der Waals surface area contributed by atoms with E-state index < -0.39 is 0 Å². The third-order valence-corrected chi connectivity index (χ3v) is 7.59. The molecule has 10 heteroatoms. The smallest absolute Gasteiger partial charge is 0.180 e. The Morgan fingerprint density at radius 2 is 1.90 bits per heavy atom. The highest BCUT2D eigenvalue weighted by atomic mass is 16.5. The molecule has 1 aliphatic heterocycles. The molecule has 10 nitrogen and oxygen atoms in total. The van der Waals surface area contributed by atoms with Gasteiger partial charge >= 0.3 is 0 Å². The molecule has 0 bridgehead atoms. The van der Waals surface area contributed by atoms with Crippen LogP contribution in [0.25, 0.3) is 27.8 Å². The van der Waals surface area contributed by atoms with Gasteiger partial charge in [-0.1, -0.05) is 42.5 Å². The van der Waals surface area contributed by atoms with Crippen molar-refractivity contribution in [3.8, 4) is 11.3 Å². The third-order valence-electron chi connectivity index (χ3n) is 7.59. The summed E-state index contributed by atoms with van der Waals surface area (Å²) in [6, 6.07) is 16.2. The molecule has 1 saturated heterocycles. The van der Waals surface area contributed by atoms with Crippen LogP contribution in [0.2, 0.25) is 0 Å². The van der Waals surface area contributed by atoms with Crippen LogP contribution in [0.4, 0.5) is 5.82 Å². The number of H-pyrrole nitrogens is 1. The van der Waals surface area contributed by atoms with Crippen molar-refractivity contribution in [2.75, 3.05) is 31.2 Å². The first-order valence-electron chi connectivity index (χ1n) is 13.9. The molecular formula is C31H30N8O2. The van der Waals surface area contributed by atoms with E-state index in [1.807, 2.05) is 53.5 Å². The second kappa shape index (κ2) is 11.0. The highest BCUT2D eigenvalue weighted by Gasteiger charge is 2.25. The molecule has 0 unspecified atom stereocenters. The minimum atomic E-state index is 0.165. The van der Waals surface area contributed by atoms with Crippen molar-refractivity contribution in [2.24, 2.45) is 0 Å². The monoisotopic (exact) mass is 546 g/mol. The number of benzene rings is 2. The van der Waals surface area contributed by atoms with E-state index in [1.165, 1.54) is 0 Å². The van der Waals surface area contributed by atoms with E-state index in [2.05, 4.69) is 42.7 Å². The van der Waals surface area contributed by atoms with E-state index >= 15 is 0 Å². The number of imidazole rings is 2. The molecule has 0 amide bonds. The molecule has 5 heterocycles.